The van der Waals surface area contributed by atoms with Gasteiger partial charge in [-0.05, 0) is 45.0 Å². The van der Waals surface area contributed by atoms with Crippen LogP contribution >= 0.6 is 0 Å². The maximum absolute atomic E-state index is 13.0. The fraction of sp³-hybridized carbons (Fsp3) is 0.556. The van der Waals surface area contributed by atoms with Crippen molar-refractivity contribution in [3.05, 3.63) is 40.7 Å². The van der Waals surface area contributed by atoms with Crippen molar-refractivity contribution >= 4 is 23.9 Å². The van der Waals surface area contributed by atoms with Crippen LogP contribution in [-0.2, 0) is 51.8 Å². The average molecular weight is 546 g/mol. The van der Waals surface area contributed by atoms with E-state index in [1.54, 1.807) is 12.1 Å². The van der Waals surface area contributed by atoms with Gasteiger partial charge in [0.2, 0.25) is 6.10 Å². The summed E-state index contributed by atoms with van der Waals surface area (Å²) in [4.78, 5) is 50.0. The van der Waals surface area contributed by atoms with E-state index >= 15 is 0 Å². The van der Waals surface area contributed by atoms with Crippen LogP contribution in [0.5, 0.6) is 5.75 Å². The van der Waals surface area contributed by atoms with Gasteiger partial charge in [0.1, 0.15) is 11.5 Å². The molecule has 0 saturated carbocycles. The van der Waals surface area contributed by atoms with Crippen molar-refractivity contribution in [2.24, 2.45) is 0 Å². The molecule has 12 nitrogen and oxygen atoms in total. The Morgan fingerprint density at radius 2 is 1.95 bits per heavy atom. The van der Waals surface area contributed by atoms with E-state index in [2.05, 4.69) is 4.90 Å². The molecule has 5 rings (SSSR count). The van der Waals surface area contributed by atoms with Gasteiger partial charge in [0.15, 0.2) is 12.2 Å². The summed E-state index contributed by atoms with van der Waals surface area (Å²) in [5.74, 6) is -3.77. The summed E-state index contributed by atoms with van der Waals surface area (Å²) in [6.07, 6.45) is -1.94. The number of hydrogen-bond donors (Lipinski definition) is 3. The van der Waals surface area contributed by atoms with E-state index in [1.807, 2.05) is 13.1 Å². The first-order valence-corrected chi connectivity index (χ1v) is 12.8. The highest BCUT2D eigenvalue weighted by Crippen LogP contribution is 2.64. The lowest BCUT2D eigenvalue weighted by atomic mass is 9.50. The third-order valence-corrected chi connectivity index (χ3v) is 8.40. The van der Waals surface area contributed by atoms with Crippen LogP contribution in [0.4, 0.5) is 0 Å². The lowest BCUT2D eigenvalue weighted by Gasteiger charge is -2.61. The predicted octanol–water partition coefficient (Wildman–Crippen LogP) is 0.338. The number of rotatable bonds is 8. The molecule has 1 aromatic rings. The number of carbonyl (C=O) groups excluding carboxylic acids is 3. The maximum atomic E-state index is 13.0. The van der Waals surface area contributed by atoms with Crippen molar-refractivity contribution in [3.63, 3.8) is 0 Å². The highest BCUT2D eigenvalue weighted by Gasteiger charge is 2.71. The standard InChI is InChI=1S/C27H31NO11/c1-13(36-25(34)18(11-20(31)32)37-14(2)30)24(33)38-17-6-7-27(35)19-10-15-4-5-16(12-29)22-21(15)26(27,23(17)39-22)8-9-28(19)3/h4-6,13,18-19,23,29,35H,7-12H2,1-3H3,(H,31,32)/t13-,18-,19+,23-,26-,27+/m0/s1. The van der Waals surface area contributed by atoms with Crippen molar-refractivity contribution in [1.82, 2.24) is 4.90 Å². The lowest BCUT2D eigenvalue weighted by Crippen LogP contribution is -2.74. The molecular weight excluding hydrogens is 514 g/mol. The third kappa shape index (κ3) is 4.09. The molecule has 2 heterocycles. The molecule has 4 aliphatic rings. The van der Waals surface area contributed by atoms with Gasteiger partial charge in [-0.15, -0.1) is 0 Å². The van der Waals surface area contributed by atoms with Crippen LogP contribution in [0.3, 0.4) is 0 Å². The molecule has 3 N–H and O–H groups in total. The Bertz CT molecular complexity index is 1260. The maximum Gasteiger partial charge on any atom is 0.352 e. The number of likely N-dealkylation sites (tertiary alicyclic amines) is 1. The van der Waals surface area contributed by atoms with Gasteiger partial charge in [-0.2, -0.15) is 0 Å². The molecule has 2 bridgehead atoms. The summed E-state index contributed by atoms with van der Waals surface area (Å²) in [6, 6.07) is 3.55. The van der Waals surface area contributed by atoms with E-state index in [0.717, 1.165) is 18.1 Å². The van der Waals surface area contributed by atoms with E-state index in [4.69, 9.17) is 24.1 Å². The van der Waals surface area contributed by atoms with Gasteiger partial charge < -0.3 is 39.2 Å². The lowest BCUT2D eigenvalue weighted by molar-refractivity contribution is -0.181. The Morgan fingerprint density at radius 1 is 1.21 bits per heavy atom. The first kappa shape index (κ1) is 27.1. The first-order valence-electron chi connectivity index (χ1n) is 12.8. The van der Waals surface area contributed by atoms with E-state index in [0.29, 0.717) is 30.7 Å². The molecule has 6 atom stereocenters. The predicted molar refractivity (Wildman–Crippen MR) is 130 cm³/mol. The van der Waals surface area contributed by atoms with Crippen LogP contribution in [0.25, 0.3) is 0 Å². The first-order chi connectivity index (χ1) is 18.4. The van der Waals surface area contributed by atoms with E-state index in [-0.39, 0.29) is 24.8 Å². The summed E-state index contributed by atoms with van der Waals surface area (Å²) in [5, 5.41) is 31.2. The van der Waals surface area contributed by atoms with E-state index in [1.165, 1.54) is 6.92 Å². The molecule has 2 aliphatic carbocycles. The molecule has 12 heteroatoms. The second-order valence-corrected chi connectivity index (χ2v) is 10.6. The minimum Gasteiger partial charge on any atom is -0.481 e. The molecule has 0 radical (unpaired) electrons. The number of nitrogens with zero attached hydrogens (tertiary/aromatic N) is 1. The monoisotopic (exact) mass is 545 g/mol. The average Bonchev–Trinajstić information content (AvgIpc) is 3.22. The van der Waals surface area contributed by atoms with Crippen molar-refractivity contribution in [2.45, 2.75) is 81.5 Å². The quantitative estimate of drug-likeness (QED) is 0.303. The number of hydrogen-bond acceptors (Lipinski definition) is 11. The van der Waals surface area contributed by atoms with Gasteiger partial charge in [0, 0.05) is 30.5 Å². The number of piperidine rings is 1. The van der Waals surface area contributed by atoms with Gasteiger partial charge in [-0.1, -0.05) is 12.1 Å². The molecule has 1 spiro atoms. The summed E-state index contributed by atoms with van der Waals surface area (Å²) in [7, 11) is 1.97. The summed E-state index contributed by atoms with van der Waals surface area (Å²) in [6.45, 7) is 2.68. The van der Waals surface area contributed by atoms with Crippen molar-refractivity contribution in [2.75, 3.05) is 13.6 Å². The number of aliphatic carboxylic acids is 1. The molecule has 0 unspecified atom stereocenters. The topological polar surface area (TPSA) is 169 Å². The number of benzene rings is 1. The molecule has 1 fully saturated rings. The normalized spacial score (nSPS) is 29.7. The molecule has 1 aromatic carbocycles. The van der Waals surface area contributed by atoms with Gasteiger partial charge in [-0.25, -0.2) is 9.59 Å². The van der Waals surface area contributed by atoms with Crippen molar-refractivity contribution < 1.29 is 53.4 Å². The van der Waals surface area contributed by atoms with Crippen LogP contribution < -0.4 is 4.74 Å². The highest BCUT2D eigenvalue weighted by molar-refractivity contribution is 5.86. The number of carbonyl (C=O) groups is 4. The molecule has 0 amide bonds. The van der Waals surface area contributed by atoms with Gasteiger partial charge in [-0.3, -0.25) is 9.59 Å². The second-order valence-electron chi connectivity index (χ2n) is 10.6. The second kappa shape index (κ2) is 9.61. The molecule has 1 saturated heterocycles. The smallest absolute Gasteiger partial charge is 0.352 e. The molecule has 39 heavy (non-hydrogen) atoms. The SMILES string of the molecule is CC(=O)O[C@@H](CC(=O)O)C(=O)O[C@@H](C)C(=O)OC1=CC[C@@]2(O)[C@H]3Cc4ccc(CO)c5c4[C@@]2(CCN3C)[C@H]1O5. The van der Waals surface area contributed by atoms with Crippen LogP contribution in [-0.4, -0.2) is 87.6 Å². The zero-order chi connectivity index (χ0) is 28.3. The van der Waals surface area contributed by atoms with Crippen LogP contribution in [0.15, 0.2) is 24.0 Å². The van der Waals surface area contributed by atoms with E-state index in [9.17, 15) is 29.4 Å². The minimum atomic E-state index is -1.72. The summed E-state index contributed by atoms with van der Waals surface area (Å²) in [5.41, 5.74) is 0.296. The fourth-order valence-corrected chi connectivity index (χ4v) is 6.66. The van der Waals surface area contributed by atoms with Gasteiger partial charge in [0.25, 0.3) is 0 Å². The Morgan fingerprint density at radius 3 is 2.62 bits per heavy atom. The van der Waals surface area contributed by atoms with Gasteiger partial charge in [0.05, 0.1) is 24.0 Å². The molecule has 0 aromatic heterocycles. The van der Waals surface area contributed by atoms with Crippen molar-refractivity contribution in [1.29, 1.82) is 0 Å². The number of carboxylic acid groups (broad SMARTS) is 1. The Hall–Kier alpha value is -3.48. The Kier molecular flexibility index (Phi) is 6.68. The van der Waals surface area contributed by atoms with Crippen LogP contribution in [0, 0.1) is 0 Å². The Labute approximate surface area is 224 Å². The largest absolute Gasteiger partial charge is 0.481 e. The van der Waals surface area contributed by atoms with Crippen LogP contribution in [0.1, 0.15) is 49.8 Å². The number of aliphatic hydroxyl groups excluding tert-OH is 1. The van der Waals surface area contributed by atoms with Crippen LogP contribution in [0.2, 0.25) is 0 Å². The Balaban J connectivity index is 1.41. The third-order valence-electron chi connectivity index (χ3n) is 8.40. The fourth-order valence-electron chi connectivity index (χ4n) is 6.66. The zero-order valence-corrected chi connectivity index (χ0v) is 21.8. The van der Waals surface area contributed by atoms with Gasteiger partial charge >= 0.3 is 23.9 Å². The number of aliphatic hydroxyl groups is 2. The highest BCUT2D eigenvalue weighted by atomic mass is 16.6. The summed E-state index contributed by atoms with van der Waals surface area (Å²) < 4.78 is 21.9. The molecule has 210 valence electrons. The minimum absolute atomic E-state index is 0.158. The number of esters is 3. The number of likely N-dealkylation sites (N-methyl/N-ethyl adjacent to an activating group) is 1. The van der Waals surface area contributed by atoms with Crippen molar-refractivity contribution in [3.8, 4) is 5.75 Å². The zero-order valence-electron chi connectivity index (χ0n) is 21.8. The number of ether oxygens (including phenoxy) is 4. The molecule has 2 aliphatic heterocycles. The number of carboxylic acids is 1. The van der Waals surface area contributed by atoms with E-state index < -0.39 is 59.6 Å². The molecular formula is C27H31NO11. The summed E-state index contributed by atoms with van der Waals surface area (Å²) >= 11 is 0.